The highest BCUT2D eigenvalue weighted by Crippen LogP contribution is 2.35. The van der Waals surface area contributed by atoms with Crippen LogP contribution in [0.25, 0.3) is 11.0 Å². The van der Waals surface area contributed by atoms with Gasteiger partial charge < -0.3 is 9.52 Å². The monoisotopic (exact) mass is 294 g/mol. The van der Waals surface area contributed by atoms with Gasteiger partial charge in [0.05, 0.1) is 10.9 Å². The predicted molar refractivity (Wildman–Crippen MR) is 87.5 cm³/mol. The van der Waals surface area contributed by atoms with Crippen molar-refractivity contribution in [3.05, 3.63) is 75.6 Å². The van der Waals surface area contributed by atoms with E-state index in [1.165, 1.54) is 0 Å². The molecule has 0 fully saturated rings. The van der Waals surface area contributed by atoms with Crippen LogP contribution in [0.2, 0.25) is 0 Å². The summed E-state index contributed by atoms with van der Waals surface area (Å²) in [5.41, 5.74) is 2.44. The lowest BCUT2D eigenvalue weighted by atomic mass is 9.88. The van der Waals surface area contributed by atoms with Crippen LogP contribution >= 0.6 is 0 Å². The standard InChI is InChI=1S/C19H18O3/c1-3-14(13-10-8-12(2)9-11-13)17-18(20)15-6-4-5-7-16(15)22-19(17)21/h4-11,14,20H,3H2,1-2H3/t14-/m1/s1. The summed E-state index contributed by atoms with van der Waals surface area (Å²) in [6.45, 7) is 4.02. The number of hydrogen-bond acceptors (Lipinski definition) is 3. The van der Waals surface area contributed by atoms with Gasteiger partial charge in [-0.3, -0.25) is 0 Å². The molecular weight excluding hydrogens is 276 g/mol. The van der Waals surface area contributed by atoms with Crippen LogP contribution in [0.15, 0.2) is 57.7 Å². The van der Waals surface area contributed by atoms with E-state index >= 15 is 0 Å². The van der Waals surface area contributed by atoms with Crippen LogP contribution in [0.3, 0.4) is 0 Å². The van der Waals surface area contributed by atoms with Crippen molar-refractivity contribution in [3.8, 4) is 5.75 Å². The molecule has 0 aliphatic heterocycles. The molecule has 1 aromatic heterocycles. The van der Waals surface area contributed by atoms with Gasteiger partial charge in [0, 0.05) is 5.92 Å². The molecule has 1 heterocycles. The molecule has 22 heavy (non-hydrogen) atoms. The van der Waals surface area contributed by atoms with E-state index in [9.17, 15) is 9.90 Å². The maximum atomic E-state index is 12.4. The molecule has 0 saturated heterocycles. The average molecular weight is 294 g/mol. The highest BCUT2D eigenvalue weighted by Gasteiger charge is 2.23. The second-order valence-electron chi connectivity index (χ2n) is 5.52. The first kappa shape index (κ1) is 14.4. The molecule has 0 amide bonds. The fourth-order valence-corrected chi connectivity index (χ4v) is 2.86. The van der Waals surface area contributed by atoms with E-state index < -0.39 is 5.63 Å². The summed E-state index contributed by atoms with van der Waals surface area (Å²) in [5, 5.41) is 11.2. The molecule has 0 bridgehead atoms. The molecule has 3 nitrogen and oxygen atoms in total. The Balaban J connectivity index is 2.23. The van der Waals surface area contributed by atoms with E-state index in [1.807, 2.05) is 44.2 Å². The van der Waals surface area contributed by atoms with E-state index in [4.69, 9.17) is 4.42 Å². The zero-order valence-corrected chi connectivity index (χ0v) is 12.7. The van der Waals surface area contributed by atoms with Crippen molar-refractivity contribution in [3.63, 3.8) is 0 Å². The number of fused-ring (bicyclic) bond motifs is 1. The van der Waals surface area contributed by atoms with E-state index in [0.717, 1.165) is 11.1 Å². The van der Waals surface area contributed by atoms with E-state index in [-0.39, 0.29) is 11.7 Å². The summed E-state index contributed by atoms with van der Waals surface area (Å²) in [4.78, 5) is 12.4. The SMILES string of the molecule is CC[C@H](c1ccc(C)cc1)c1c(O)c2ccccc2oc1=O. The van der Waals surface area contributed by atoms with Crippen LogP contribution < -0.4 is 5.63 Å². The van der Waals surface area contributed by atoms with Gasteiger partial charge in [-0.25, -0.2) is 4.79 Å². The topological polar surface area (TPSA) is 50.4 Å². The van der Waals surface area contributed by atoms with E-state index in [2.05, 4.69) is 0 Å². The van der Waals surface area contributed by atoms with Gasteiger partial charge in [0.25, 0.3) is 0 Å². The van der Waals surface area contributed by atoms with Crippen LogP contribution in [0.5, 0.6) is 5.75 Å². The molecule has 0 radical (unpaired) electrons. The zero-order chi connectivity index (χ0) is 15.7. The Bertz CT molecular complexity index is 860. The number of hydrogen-bond donors (Lipinski definition) is 1. The van der Waals surface area contributed by atoms with Crippen molar-refractivity contribution in [2.75, 3.05) is 0 Å². The molecule has 0 spiro atoms. The Hall–Kier alpha value is -2.55. The van der Waals surface area contributed by atoms with Gasteiger partial charge in [-0.2, -0.15) is 0 Å². The van der Waals surface area contributed by atoms with Crippen molar-refractivity contribution in [1.82, 2.24) is 0 Å². The summed E-state index contributed by atoms with van der Waals surface area (Å²) < 4.78 is 5.39. The molecular formula is C19H18O3. The van der Waals surface area contributed by atoms with Gasteiger partial charge in [-0.15, -0.1) is 0 Å². The third kappa shape index (κ3) is 2.39. The van der Waals surface area contributed by atoms with Gasteiger partial charge in [-0.1, -0.05) is 48.9 Å². The van der Waals surface area contributed by atoms with Crippen LogP contribution in [0, 0.1) is 6.92 Å². The van der Waals surface area contributed by atoms with Crippen LogP contribution in [-0.2, 0) is 0 Å². The second-order valence-corrected chi connectivity index (χ2v) is 5.52. The fraction of sp³-hybridized carbons (Fsp3) is 0.211. The lowest BCUT2D eigenvalue weighted by Crippen LogP contribution is -2.13. The van der Waals surface area contributed by atoms with Crippen molar-refractivity contribution < 1.29 is 9.52 Å². The lowest BCUT2D eigenvalue weighted by Gasteiger charge is -2.17. The fourth-order valence-electron chi connectivity index (χ4n) is 2.86. The molecule has 0 aliphatic carbocycles. The van der Waals surface area contributed by atoms with Crippen molar-refractivity contribution in [1.29, 1.82) is 0 Å². The first-order chi connectivity index (χ1) is 10.6. The Morgan fingerprint density at radius 2 is 1.77 bits per heavy atom. The van der Waals surface area contributed by atoms with Gasteiger partial charge in [0.2, 0.25) is 0 Å². The number of aromatic hydroxyl groups is 1. The molecule has 1 atom stereocenters. The summed E-state index contributed by atoms with van der Waals surface area (Å²) >= 11 is 0. The minimum Gasteiger partial charge on any atom is -0.507 e. The second kappa shape index (κ2) is 5.68. The molecule has 112 valence electrons. The predicted octanol–water partition coefficient (Wildman–Crippen LogP) is 4.35. The quantitative estimate of drug-likeness (QED) is 0.731. The number of benzene rings is 2. The number of para-hydroxylation sites is 1. The third-order valence-electron chi connectivity index (χ3n) is 4.06. The van der Waals surface area contributed by atoms with Crippen molar-refractivity contribution in [2.45, 2.75) is 26.2 Å². The summed E-state index contributed by atoms with van der Waals surface area (Å²) in [6, 6.07) is 15.1. The van der Waals surface area contributed by atoms with Gasteiger partial charge >= 0.3 is 5.63 Å². The molecule has 3 rings (SSSR count). The van der Waals surface area contributed by atoms with Crippen molar-refractivity contribution in [2.24, 2.45) is 0 Å². The lowest BCUT2D eigenvalue weighted by molar-refractivity contribution is 0.450. The van der Waals surface area contributed by atoms with E-state index in [1.54, 1.807) is 18.2 Å². The average Bonchev–Trinajstić information content (AvgIpc) is 2.52. The summed E-state index contributed by atoms with van der Waals surface area (Å²) in [6.07, 6.45) is 0.708. The Morgan fingerprint density at radius 3 is 2.45 bits per heavy atom. The Morgan fingerprint density at radius 1 is 1.09 bits per heavy atom. The molecule has 2 aromatic carbocycles. The first-order valence-electron chi connectivity index (χ1n) is 7.43. The molecule has 0 saturated carbocycles. The molecule has 1 N–H and O–H groups in total. The first-order valence-corrected chi connectivity index (χ1v) is 7.43. The van der Waals surface area contributed by atoms with E-state index in [0.29, 0.717) is 23.0 Å². The maximum absolute atomic E-state index is 12.4. The number of aryl methyl sites for hydroxylation is 1. The Kier molecular flexibility index (Phi) is 3.72. The minimum absolute atomic E-state index is 0.0271. The van der Waals surface area contributed by atoms with Crippen LogP contribution in [0.1, 0.15) is 36.0 Å². The normalized spacial score (nSPS) is 12.5. The van der Waals surface area contributed by atoms with Gasteiger partial charge in [0.15, 0.2) is 0 Å². The molecule has 0 aliphatic rings. The summed E-state index contributed by atoms with van der Waals surface area (Å²) in [7, 11) is 0. The molecule has 3 aromatic rings. The maximum Gasteiger partial charge on any atom is 0.343 e. The minimum atomic E-state index is -0.469. The summed E-state index contributed by atoms with van der Waals surface area (Å²) in [5.74, 6) is -0.152. The molecule has 3 heteroatoms. The largest absolute Gasteiger partial charge is 0.507 e. The Labute approximate surface area is 128 Å². The smallest absolute Gasteiger partial charge is 0.343 e. The van der Waals surface area contributed by atoms with Crippen LogP contribution in [-0.4, -0.2) is 5.11 Å². The van der Waals surface area contributed by atoms with Crippen LogP contribution in [0.4, 0.5) is 0 Å². The highest BCUT2D eigenvalue weighted by atomic mass is 16.4. The van der Waals surface area contributed by atoms with Crippen molar-refractivity contribution >= 4 is 11.0 Å². The molecule has 0 unspecified atom stereocenters. The zero-order valence-electron chi connectivity index (χ0n) is 12.7. The highest BCUT2D eigenvalue weighted by molar-refractivity contribution is 5.84. The third-order valence-corrected chi connectivity index (χ3v) is 4.06. The number of rotatable bonds is 3. The van der Waals surface area contributed by atoms with Gasteiger partial charge in [0.1, 0.15) is 11.3 Å². The van der Waals surface area contributed by atoms with Gasteiger partial charge in [-0.05, 0) is 31.0 Å².